The van der Waals surface area contributed by atoms with Gasteiger partial charge in [-0.1, -0.05) is 24.3 Å². The fourth-order valence-corrected chi connectivity index (χ4v) is 2.92. The minimum Gasteiger partial charge on any atom is -0.491 e. The molecule has 1 saturated heterocycles. The van der Waals surface area contributed by atoms with Crippen molar-refractivity contribution in [1.29, 1.82) is 0 Å². The van der Waals surface area contributed by atoms with Crippen molar-refractivity contribution >= 4 is 5.91 Å². The summed E-state index contributed by atoms with van der Waals surface area (Å²) in [4.78, 5) is 12.3. The summed E-state index contributed by atoms with van der Waals surface area (Å²) in [6, 6.07) is 15.7. The fraction of sp³-hybridized carbons (Fsp3) is 0.381. The molecule has 1 aliphatic rings. The molecule has 2 aromatic rings. The molecule has 0 spiro atoms. The number of rotatable bonds is 6. The number of nitrogens with one attached hydrogen (secondary N) is 1. The highest BCUT2D eigenvalue weighted by atomic mass is 16.5. The van der Waals surface area contributed by atoms with E-state index in [0.717, 1.165) is 36.5 Å². The zero-order chi connectivity index (χ0) is 17.6. The molecule has 1 aliphatic heterocycles. The summed E-state index contributed by atoms with van der Waals surface area (Å²) in [5.41, 5.74) is 2.82. The lowest BCUT2D eigenvalue weighted by atomic mass is 10.0. The second kappa shape index (κ2) is 8.17. The Kier molecular flexibility index (Phi) is 5.71. The SMILES string of the molecule is CC(C)Oc1cccc(-c2ccc(C(=O)NC[C@H]3CCOC3)cc2)c1. The van der Waals surface area contributed by atoms with Gasteiger partial charge >= 0.3 is 0 Å². The molecule has 25 heavy (non-hydrogen) atoms. The Morgan fingerprint density at radius 1 is 1.20 bits per heavy atom. The molecule has 1 heterocycles. The van der Waals surface area contributed by atoms with E-state index in [1.165, 1.54) is 0 Å². The number of carbonyl (C=O) groups is 1. The molecule has 4 heteroatoms. The first-order chi connectivity index (χ1) is 12.1. The number of ether oxygens (including phenoxy) is 2. The van der Waals surface area contributed by atoms with Crippen LogP contribution >= 0.6 is 0 Å². The van der Waals surface area contributed by atoms with Gasteiger partial charge in [0.1, 0.15) is 5.75 Å². The largest absolute Gasteiger partial charge is 0.491 e. The monoisotopic (exact) mass is 339 g/mol. The normalized spacial score (nSPS) is 16.8. The number of carbonyl (C=O) groups excluding carboxylic acids is 1. The Morgan fingerprint density at radius 2 is 2.00 bits per heavy atom. The molecule has 0 saturated carbocycles. The second-order valence-electron chi connectivity index (χ2n) is 6.71. The predicted molar refractivity (Wildman–Crippen MR) is 98.9 cm³/mol. The molecule has 0 bridgehead atoms. The van der Waals surface area contributed by atoms with Crippen molar-refractivity contribution in [2.75, 3.05) is 19.8 Å². The van der Waals surface area contributed by atoms with Crippen molar-refractivity contribution in [3.8, 4) is 16.9 Å². The van der Waals surface area contributed by atoms with Gasteiger partial charge in [-0.25, -0.2) is 0 Å². The van der Waals surface area contributed by atoms with Gasteiger partial charge in [-0.05, 0) is 55.7 Å². The third kappa shape index (κ3) is 4.83. The summed E-state index contributed by atoms with van der Waals surface area (Å²) in [5, 5.41) is 2.99. The standard InChI is InChI=1S/C21H25NO3/c1-15(2)25-20-5-3-4-19(12-20)17-6-8-18(9-7-17)21(23)22-13-16-10-11-24-14-16/h3-9,12,15-16H,10-11,13-14H2,1-2H3,(H,22,23)/t16-/m1/s1. The smallest absolute Gasteiger partial charge is 0.251 e. The number of benzene rings is 2. The van der Waals surface area contributed by atoms with E-state index in [1.54, 1.807) is 0 Å². The van der Waals surface area contributed by atoms with Crippen LogP contribution in [-0.4, -0.2) is 31.8 Å². The highest BCUT2D eigenvalue weighted by molar-refractivity contribution is 5.94. The first kappa shape index (κ1) is 17.5. The van der Waals surface area contributed by atoms with Gasteiger partial charge in [-0.2, -0.15) is 0 Å². The predicted octanol–water partition coefficient (Wildman–Crippen LogP) is 3.91. The second-order valence-corrected chi connectivity index (χ2v) is 6.71. The van der Waals surface area contributed by atoms with E-state index in [4.69, 9.17) is 9.47 Å². The maximum absolute atomic E-state index is 12.3. The van der Waals surface area contributed by atoms with Gasteiger partial charge in [0, 0.05) is 24.6 Å². The van der Waals surface area contributed by atoms with Crippen LogP contribution in [0.3, 0.4) is 0 Å². The third-order valence-electron chi connectivity index (χ3n) is 4.26. The highest BCUT2D eigenvalue weighted by Gasteiger charge is 2.16. The minimum absolute atomic E-state index is 0.0321. The van der Waals surface area contributed by atoms with E-state index in [-0.39, 0.29) is 12.0 Å². The molecule has 2 aromatic carbocycles. The summed E-state index contributed by atoms with van der Waals surface area (Å²) >= 11 is 0. The molecule has 0 aliphatic carbocycles. The van der Waals surface area contributed by atoms with Crippen molar-refractivity contribution in [2.24, 2.45) is 5.92 Å². The van der Waals surface area contributed by atoms with Crippen molar-refractivity contribution in [3.05, 3.63) is 54.1 Å². The summed E-state index contributed by atoms with van der Waals surface area (Å²) in [7, 11) is 0. The maximum atomic E-state index is 12.3. The van der Waals surface area contributed by atoms with Gasteiger partial charge in [0.25, 0.3) is 5.91 Å². The van der Waals surface area contributed by atoms with E-state index in [9.17, 15) is 4.79 Å². The summed E-state index contributed by atoms with van der Waals surface area (Å²) < 4.78 is 11.1. The Morgan fingerprint density at radius 3 is 2.68 bits per heavy atom. The fourth-order valence-electron chi connectivity index (χ4n) is 2.92. The Balaban J connectivity index is 1.64. The van der Waals surface area contributed by atoms with Crippen LogP contribution in [-0.2, 0) is 4.74 Å². The van der Waals surface area contributed by atoms with Crippen molar-refractivity contribution in [3.63, 3.8) is 0 Å². The molecule has 0 unspecified atom stereocenters. The number of hydrogen-bond donors (Lipinski definition) is 1. The lowest BCUT2D eigenvalue weighted by Gasteiger charge is -2.12. The van der Waals surface area contributed by atoms with Crippen molar-refractivity contribution in [1.82, 2.24) is 5.32 Å². The van der Waals surface area contributed by atoms with E-state index < -0.39 is 0 Å². The molecule has 3 rings (SSSR count). The zero-order valence-electron chi connectivity index (χ0n) is 14.8. The Bertz CT molecular complexity index is 703. The number of hydrogen-bond acceptors (Lipinski definition) is 3. The zero-order valence-corrected chi connectivity index (χ0v) is 14.8. The van der Waals surface area contributed by atoms with Gasteiger partial charge < -0.3 is 14.8 Å². The third-order valence-corrected chi connectivity index (χ3v) is 4.26. The van der Waals surface area contributed by atoms with Crippen LogP contribution in [0.15, 0.2) is 48.5 Å². The molecular formula is C21H25NO3. The van der Waals surface area contributed by atoms with Gasteiger partial charge in [0.2, 0.25) is 0 Å². The molecule has 1 amide bonds. The topological polar surface area (TPSA) is 47.6 Å². The van der Waals surface area contributed by atoms with Crippen LogP contribution in [0.4, 0.5) is 0 Å². The molecule has 1 atom stereocenters. The van der Waals surface area contributed by atoms with Crippen molar-refractivity contribution in [2.45, 2.75) is 26.4 Å². The molecule has 132 valence electrons. The quantitative estimate of drug-likeness (QED) is 0.868. The lowest BCUT2D eigenvalue weighted by Crippen LogP contribution is -2.29. The van der Waals surface area contributed by atoms with Crippen LogP contribution in [0.1, 0.15) is 30.6 Å². The van der Waals surface area contributed by atoms with E-state index in [2.05, 4.69) is 5.32 Å². The van der Waals surface area contributed by atoms with Crippen molar-refractivity contribution < 1.29 is 14.3 Å². The van der Waals surface area contributed by atoms with E-state index >= 15 is 0 Å². The van der Waals surface area contributed by atoms with E-state index in [0.29, 0.717) is 18.0 Å². The number of amides is 1. The first-order valence-electron chi connectivity index (χ1n) is 8.85. The van der Waals surface area contributed by atoms with Gasteiger partial charge in [-0.3, -0.25) is 4.79 Å². The lowest BCUT2D eigenvalue weighted by molar-refractivity contribution is 0.0945. The molecule has 0 aromatic heterocycles. The molecule has 0 radical (unpaired) electrons. The summed E-state index contributed by atoms with van der Waals surface area (Å²) in [6.07, 6.45) is 1.17. The van der Waals surface area contributed by atoms with Crippen LogP contribution in [0, 0.1) is 5.92 Å². The van der Waals surface area contributed by atoms with Gasteiger partial charge in [-0.15, -0.1) is 0 Å². The highest BCUT2D eigenvalue weighted by Crippen LogP contribution is 2.25. The molecular weight excluding hydrogens is 314 g/mol. The summed E-state index contributed by atoms with van der Waals surface area (Å²) in [5.74, 6) is 1.26. The minimum atomic E-state index is -0.0321. The molecule has 1 fully saturated rings. The average Bonchev–Trinajstić information content (AvgIpc) is 3.13. The van der Waals surface area contributed by atoms with E-state index in [1.807, 2.05) is 62.4 Å². The Hall–Kier alpha value is -2.33. The van der Waals surface area contributed by atoms with Crippen LogP contribution < -0.4 is 10.1 Å². The first-order valence-corrected chi connectivity index (χ1v) is 8.85. The Labute approximate surface area is 149 Å². The van der Waals surface area contributed by atoms with Gasteiger partial charge in [0.05, 0.1) is 12.7 Å². The van der Waals surface area contributed by atoms with Crippen LogP contribution in [0.5, 0.6) is 5.75 Å². The maximum Gasteiger partial charge on any atom is 0.251 e. The molecule has 4 nitrogen and oxygen atoms in total. The summed E-state index contributed by atoms with van der Waals surface area (Å²) in [6.45, 7) is 6.24. The molecule has 1 N–H and O–H groups in total. The van der Waals surface area contributed by atoms with Crippen LogP contribution in [0.2, 0.25) is 0 Å². The van der Waals surface area contributed by atoms with Crippen LogP contribution in [0.25, 0.3) is 11.1 Å². The van der Waals surface area contributed by atoms with Gasteiger partial charge in [0.15, 0.2) is 0 Å². The average molecular weight is 339 g/mol.